The lowest BCUT2D eigenvalue weighted by Crippen LogP contribution is -2.31. The predicted octanol–water partition coefficient (Wildman–Crippen LogP) is 2.79. The van der Waals surface area contributed by atoms with Crippen LogP contribution in [0.1, 0.15) is 55.9 Å². The maximum absolute atomic E-state index is 4.70. The largest absolute Gasteiger partial charge is 0.345 e. The van der Waals surface area contributed by atoms with Crippen LogP contribution in [0.3, 0.4) is 0 Å². The van der Waals surface area contributed by atoms with Gasteiger partial charge in [-0.25, -0.2) is 15.0 Å². The van der Waals surface area contributed by atoms with Crippen molar-refractivity contribution in [2.45, 2.75) is 38.5 Å². The van der Waals surface area contributed by atoms with E-state index in [1.807, 2.05) is 24.5 Å². The van der Waals surface area contributed by atoms with Gasteiger partial charge in [-0.2, -0.15) is 0 Å². The van der Waals surface area contributed by atoms with Gasteiger partial charge in [-0.05, 0) is 43.8 Å². The monoisotopic (exact) mass is 318 g/mol. The fourth-order valence-electron chi connectivity index (χ4n) is 3.26. The highest BCUT2D eigenvalue weighted by atomic mass is 14.9. The van der Waals surface area contributed by atoms with Gasteiger partial charge in [-0.3, -0.25) is 0 Å². The summed E-state index contributed by atoms with van der Waals surface area (Å²) >= 11 is 0. The van der Waals surface area contributed by atoms with Crippen LogP contribution in [-0.4, -0.2) is 19.9 Å². The number of nitrogens with zero attached hydrogens (tertiary/aromatic N) is 3. The molecule has 4 nitrogen and oxygen atoms in total. The van der Waals surface area contributed by atoms with Crippen molar-refractivity contribution < 1.29 is 0 Å². The zero-order valence-electron chi connectivity index (χ0n) is 13.9. The molecule has 0 aromatic carbocycles. The Morgan fingerprint density at radius 1 is 1.08 bits per heavy atom. The lowest BCUT2D eigenvalue weighted by molar-refractivity contribution is 0.540. The van der Waals surface area contributed by atoms with E-state index in [-0.39, 0.29) is 0 Å². The van der Waals surface area contributed by atoms with Gasteiger partial charge in [0.25, 0.3) is 0 Å². The molecule has 2 atom stereocenters. The van der Waals surface area contributed by atoms with E-state index < -0.39 is 0 Å². The van der Waals surface area contributed by atoms with E-state index in [1.54, 1.807) is 0 Å². The second kappa shape index (κ2) is 6.56. The van der Waals surface area contributed by atoms with Gasteiger partial charge in [-0.15, -0.1) is 0 Å². The van der Waals surface area contributed by atoms with Crippen molar-refractivity contribution in [2.75, 3.05) is 0 Å². The van der Waals surface area contributed by atoms with Gasteiger partial charge in [0.15, 0.2) is 5.82 Å². The Labute approximate surface area is 141 Å². The summed E-state index contributed by atoms with van der Waals surface area (Å²) in [4.78, 5) is 16.9. The van der Waals surface area contributed by atoms with Gasteiger partial charge < -0.3 is 4.98 Å². The summed E-state index contributed by atoms with van der Waals surface area (Å²) in [6, 6.07) is 0. The van der Waals surface area contributed by atoms with E-state index in [9.17, 15) is 0 Å². The second-order valence-electron chi connectivity index (χ2n) is 6.64. The Kier molecular flexibility index (Phi) is 4.11. The molecule has 2 unspecified atom stereocenters. The Bertz CT molecular complexity index is 904. The first kappa shape index (κ1) is 15.1. The Morgan fingerprint density at radius 2 is 2.00 bits per heavy atom. The number of aromatic nitrogens is 4. The van der Waals surface area contributed by atoms with Crippen molar-refractivity contribution in [1.29, 1.82) is 0 Å². The van der Waals surface area contributed by atoms with E-state index in [0.29, 0.717) is 11.8 Å². The second-order valence-corrected chi connectivity index (χ2v) is 6.64. The minimum absolute atomic E-state index is 0.435. The molecule has 0 radical (unpaired) electrons. The van der Waals surface area contributed by atoms with Crippen LogP contribution in [0.15, 0.2) is 24.5 Å². The van der Waals surface area contributed by atoms with E-state index in [0.717, 1.165) is 40.8 Å². The summed E-state index contributed by atoms with van der Waals surface area (Å²) in [5, 5.41) is 2.18. The normalized spacial score (nSPS) is 22.9. The first-order valence-electron chi connectivity index (χ1n) is 8.73. The highest BCUT2D eigenvalue weighted by Crippen LogP contribution is 2.29. The molecule has 4 heteroatoms. The van der Waals surface area contributed by atoms with Crippen LogP contribution < -0.4 is 10.6 Å². The fraction of sp³-hybridized carbons (Fsp3) is 0.350. The molecule has 0 bridgehead atoms. The fourth-order valence-corrected chi connectivity index (χ4v) is 3.26. The third-order valence-electron chi connectivity index (χ3n) is 4.73. The number of rotatable bonds is 3. The molecule has 0 saturated heterocycles. The van der Waals surface area contributed by atoms with E-state index in [4.69, 9.17) is 4.98 Å². The lowest BCUT2D eigenvalue weighted by Gasteiger charge is -2.18. The zero-order valence-corrected chi connectivity index (χ0v) is 13.9. The van der Waals surface area contributed by atoms with Gasteiger partial charge in [0.1, 0.15) is 5.82 Å². The van der Waals surface area contributed by atoms with Gasteiger partial charge in [0, 0.05) is 23.5 Å². The summed E-state index contributed by atoms with van der Waals surface area (Å²) in [7, 11) is 0. The number of allylic oxidation sites excluding steroid dienone is 2. The summed E-state index contributed by atoms with van der Waals surface area (Å²) in [6.07, 6.45) is 21.3. The topological polar surface area (TPSA) is 54.5 Å². The van der Waals surface area contributed by atoms with Gasteiger partial charge in [0.05, 0.1) is 11.0 Å². The molecule has 2 aromatic heterocycles. The van der Waals surface area contributed by atoms with Gasteiger partial charge >= 0.3 is 0 Å². The van der Waals surface area contributed by atoms with E-state index in [2.05, 4.69) is 46.2 Å². The number of imidazole rings is 1. The van der Waals surface area contributed by atoms with Crippen molar-refractivity contribution in [1.82, 2.24) is 19.9 Å². The zero-order chi connectivity index (χ0) is 16.4. The smallest absolute Gasteiger partial charge is 0.152 e. The Hall–Kier alpha value is -2.49. The van der Waals surface area contributed by atoms with Crippen molar-refractivity contribution in [3.63, 3.8) is 0 Å². The molecule has 2 aliphatic carbocycles. The highest BCUT2D eigenvalue weighted by molar-refractivity contribution is 5.63. The van der Waals surface area contributed by atoms with Crippen LogP contribution >= 0.6 is 0 Å². The molecule has 2 aromatic rings. The minimum Gasteiger partial charge on any atom is -0.345 e. The molecule has 1 N–H and O–H groups in total. The van der Waals surface area contributed by atoms with Crippen LogP contribution in [-0.2, 0) is 0 Å². The third-order valence-corrected chi connectivity index (χ3v) is 4.73. The summed E-state index contributed by atoms with van der Waals surface area (Å²) in [6.45, 7) is 2.26. The first-order chi connectivity index (χ1) is 11.8. The molecular formula is C20H22N4. The maximum Gasteiger partial charge on any atom is 0.152 e. The third kappa shape index (κ3) is 3.23. The van der Waals surface area contributed by atoms with Crippen LogP contribution in [0.25, 0.3) is 24.3 Å². The lowest BCUT2D eigenvalue weighted by atomic mass is 9.88. The Morgan fingerprint density at radius 3 is 2.88 bits per heavy atom. The van der Waals surface area contributed by atoms with Gasteiger partial charge in [0.2, 0.25) is 0 Å². The molecule has 4 rings (SSSR count). The van der Waals surface area contributed by atoms with Crippen molar-refractivity contribution in [3.05, 3.63) is 52.5 Å². The molecule has 0 spiro atoms. The number of H-pyrrole nitrogens is 1. The molecule has 0 saturated carbocycles. The van der Waals surface area contributed by atoms with Crippen molar-refractivity contribution in [3.8, 4) is 0 Å². The van der Waals surface area contributed by atoms with Crippen molar-refractivity contribution in [2.24, 2.45) is 5.92 Å². The minimum atomic E-state index is 0.435. The quantitative estimate of drug-likeness (QED) is 0.885. The molecule has 0 amide bonds. The average Bonchev–Trinajstić information content (AvgIpc) is 3.09. The van der Waals surface area contributed by atoms with Crippen LogP contribution in [0.4, 0.5) is 0 Å². The highest BCUT2D eigenvalue weighted by Gasteiger charge is 2.16. The maximum atomic E-state index is 4.70. The van der Waals surface area contributed by atoms with E-state index >= 15 is 0 Å². The summed E-state index contributed by atoms with van der Waals surface area (Å²) < 4.78 is 0. The standard InChI is InChI=1S/C20H22N4/c1-14-6-8-15(9-7-14)18-13-22-20(24-18)11-10-19-21-12-16-4-2-3-5-17(16)23-19/h4-6,8,10-15H,2-3,7,9H2,1H3,(H,22,24)/b11-10+. The molecule has 2 heterocycles. The molecule has 24 heavy (non-hydrogen) atoms. The van der Waals surface area contributed by atoms with Crippen molar-refractivity contribution >= 4 is 24.3 Å². The molecular weight excluding hydrogens is 296 g/mol. The van der Waals surface area contributed by atoms with E-state index in [1.165, 1.54) is 12.8 Å². The number of aromatic amines is 1. The first-order valence-corrected chi connectivity index (χ1v) is 8.73. The summed E-state index contributed by atoms with van der Waals surface area (Å²) in [5.74, 6) is 2.71. The SMILES string of the molecule is CC1C=CC(c2c[nH]c(/C=C/c3ncc4c(n3)=CCCC=4)n2)CC1. The molecule has 122 valence electrons. The van der Waals surface area contributed by atoms with Crippen LogP contribution in [0.5, 0.6) is 0 Å². The van der Waals surface area contributed by atoms with Crippen LogP contribution in [0, 0.1) is 5.92 Å². The Balaban J connectivity index is 1.52. The summed E-state index contributed by atoms with van der Waals surface area (Å²) in [5.41, 5.74) is 1.12. The number of fused-ring (bicyclic) bond motifs is 1. The van der Waals surface area contributed by atoms with Gasteiger partial charge in [-0.1, -0.05) is 31.2 Å². The molecule has 2 aliphatic rings. The molecule has 0 fully saturated rings. The number of hydrogen-bond donors (Lipinski definition) is 1. The average molecular weight is 318 g/mol. The predicted molar refractivity (Wildman–Crippen MR) is 97.2 cm³/mol. The number of hydrogen-bond acceptors (Lipinski definition) is 3. The number of nitrogens with one attached hydrogen (secondary N) is 1. The van der Waals surface area contributed by atoms with Crippen LogP contribution in [0.2, 0.25) is 0 Å². The molecule has 0 aliphatic heterocycles.